The average molecular weight is 567 g/mol. The van der Waals surface area contributed by atoms with Gasteiger partial charge >= 0.3 is 11.9 Å². The van der Waals surface area contributed by atoms with E-state index in [1.165, 1.54) is 24.3 Å². The van der Waals surface area contributed by atoms with E-state index < -0.39 is 34.0 Å². The SMILES string of the molecule is N#C/C(=C\c1ccc(Oc2ccc(C(F)(F)F)cc2[N+](=O)[O-])c(Br)c1)C(=O)Nc1ccccc1Cl. The number of hydrogen-bond donors (Lipinski definition) is 1. The number of rotatable bonds is 6. The van der Waals surface area contributed by atoms with Crippen molar-refractivity contribution in [3.63, 3.8) is 0 Å². The molecule has 7 nitrogen and oxygen atoms in total. The highest BCUT2D eigenvalue weighted by molar-refractivity contribution is 9.10. The summed E-state index contributed by atoms with van der Waals surface area (Å²) < 4.78 is 44.4. The van der Waals surface area contributed by atoms with E-state index in [1.807, 2.05) is 0 Å². The number of hydrogen-bond acceptors (Lipinski definition) is 5. The summed E-state index contributed by atoms with van der Waals surface area (Å²) in [6.07, 6.45) is -3.46. The number of benzene rings is 3. The Kier molecular flexibility index (Phi) is 7.78. The molecule has 3 aromatic rings. The lowest BCUT2D eigenvalue weighted by Crippen LogP contribution is -2.13. The van der Waals surface area contributed by atoms with E-state index in [0.717, 1.165) is 6.07 Å². The molecule has 0 aliphatic carbocycles. The second kappa shape index (κ2) is 10.6. The van der Waals surface area contributed by atoms with Gasteiger partial charge in [-0.2, -0.15) is 18.4 Å². The van der Waals surface area contributed by atoms with Gasteiger partial charge in [0.05, 0.1) is 25.7 Å². The maximum absolute atomic E-state index is 12.9. The molecule has 0 aliphatic heterocycles. The summed E-state index contributed by atoms with van der Waals surface area (Å²) >= 11 is 9.23. The van der Waals surface area contributed by atoms with Gasteiger partial charge in [-0.05, 0) is 64.0 Å². The summed E-state index contributed by atoms with van der Waals surface area (Å²) in [5.74, 6) is -1.04. The maximum Gasteiger partial charge on any atom is 0.416 e. The van der Waals surface area contributed by atoms with E-state index in [9.17, 15) is 33.3 Å². The first-order valence-corrected chi connectivity index (χ1v) is 10.7. The van der Waals surface area contributed by atoms with Gasteiger partial charge in [0, 0.05) is 6.07 Å². The van der Waals surface area contributed by atoms with E-state index in [1.54, 1.807) is 30.3 Å². The molecule has 0 atom stereocenters. The van der Waals surface area contributed by atoms with Crippen molar-refractivity contribution >= 4 is 50.9 Å². The molecule has 1 N–H and O–H groups in total. The number of carbonyl (C=O) groups is 1. The molecular weight excluding hydrogens is 555 g/mol. The number of nitro groups is 1. The first-order chi connectivity index (χ1) is 16.5. The van der Waals surface area contributed by atoms with Crippen LogP contribution in [0.1, 0.15) is 11.1 Å². The van der Waals surface area contributed by atoms with Crippen LogP contribution >= 0.6 is 27.5 Å². The second-order valence-corrected chi connectivity index (χ2v) is 8.09. The van der Waals surface area contributed by atoms with Crippen molar-refractivity contribution in [1.29, 1.82) is 5.26 Å². The fourth-order valence-electron chi connectivity index (χ4n) is 2.80. The van der Waals surface area contributed by atoms with Gasteiger partial charge in [0.15, 0.2) is 0 Å². The highest BCUT2D eigenvalue weighted by Crippen LogP contribution is 2.39. The minimum Gasteiger partial charge on any atom is -0.449 e. The quantitative estimate of drug-likeness (QED) is 0.145. The number of anilines is 1. The first kappa shape index (κ1) is 25.7. The molecule has 0 spiro atoms. The van der Waals surface area contributed by atoms with Crippen molar-refractivity contribution in [2.24, 2.45) is 0 Å². The third kappa shape index (κ3) is 6.38. The topological polar surface area (TPSA) is 105 Å². The summed E-state index contributed by atoms with van der Waals surface area (Å²) in [5, 5.41) is 23.5. The predicted octanol–water partition coefficient (Wildman–Crippen LogP) is 7.37. The number of alkyl halides is 3. The molecule has 35 heavy (non-hydrogen) atoms. The Hall–Kier alpha value is -3.88. The zero-order valence-corrected chi connectivity index (χ0v) is 19.6. The molecule has 12 heteroatoms. The fourth-order valence-corrected chi connectivity index (χ4v) is 3.46. The number of nitro benzene ring substituents is 1. The largest absolute Gasteiger partial charge is 0.449 e. The molecule has 0 unspecified atom stereocenters. The Balaban J connectivity index is 1.85. The van der Waals surface area contributed by atoms with Gasteiger partial charge in [-0.3, -0.25) is 14.9 Å². The van der Waals surface area contributed by atoms with E-state index in [0.29, 0.717) is 28.4 Å². The van der Waals surface area contributed by atoms with Gasteiger partial charge in [0.2, 0.25) is 5.75 Å². The van der Waals surface area contributed by atoms with Crippen LogP contribution in [0.5, 0.6) is 11.5 Å². The molecule has 178 valence electrons. The Morgan fingerprint density at radius 1 is 1.14 bits per heavy atom. The highest BCUT2D eigenvalue weighted by Gasteiger charge is 2.33. The van der Waals surface area contributed by atoms with Gasteiger partial charge in [-0.15, -0.1) is 0 Å². The van der Waals surface area contributed by atoms with Crippen LogP contribution in [0, 0.1) is 21.4 Å². The van der Waals surface area contributed by atoms with E-state index in [4.69, 9.17) is 16.3 Å². The monoisotopic (exact) mass is 565 g/mol. The number of ether oxygens (including phenoxy) is 1. The van der Waals surface area contributed by atoms with Crippen molar-refractivity contribution in [2.75, 3.05) is 5.32 Å². The van der Waals surface area contributed by atoms with Gasteiger partial charge in [-0.25, -0.2) is 0 Å². The fraction of sp³-hybridized carbons (Fsp3) is 0.0435. The van der Waals surface area contributed by atoms with E-state index >= 15 is 0 Å². The molecule has 0 bridgehead atoms. The lowest BCUT2D eigenvalue weighted by molar-refractivity contribution is -0.385. The zero-order chi connectivity index (χ0) is 25.8. The van der Waals surface area contributed by atoms with E-state index in [-0.39, 0.29) is 15.8 Å². The summed E-state index contributed by atoms with van der Waals surface area (Å²) in [7, 11) is 0. The molecule has 0 fully saturated rings. The molecular formula is C23H12BrClF3N3O4. The Morgan fingerprint density at radius 3 is 2.43 bits per heavy atom. The molecule has 0 aliphatic rings. The smallest absolute Gasteiger partial charge is 0.416 e. The molecule has 3 rings (SSSR count). The standard InChI is InChI=1S/C23H12BrClF3N3O4/c24-16-10-13(9-14(12-29)22(32)30-18-4-2-1-3-17(18)25)5-7-20(16)35-21-8-6-15(23(26,27)28)11-19(21)31(33)34/h1-11H,(H,30,32)/b14-9+. The number of amides is 1. The minimum absolute atomic E-state index is 0.0593. The van der Waals surface area contributed by atoms with Gasteiger partial charge in [0.25, 0.3) is 5.91 Å². The van der Waals surface area contributed by atoms with Crippen molar-refractivity contribution in [3.8, 4) is 17.6 Å². The van der Waals surface area contributed by atoms with Crippen LogP contribution in [0.4, 0.5) is 24.5 Å². The molecule has 0 heterocycles. The summed E-state index contributed by atoms with van der Waals surface area (Å²) in [4.78, 5) is 22.7. The lowest BCUT2D eigenvalue weighted by Gasteiger charge is -2.11. The van der Waals surface area contributed by atoms with Crippen molar-refractivity contribution in [2.45, 2.75) is 6.18 Å². The van der Waals surface area contributed by atoms with Gasteiger partial charge < -0.3 is 10.1 Å². The molecule has 0 saturated carbocycles. The maximum atomic E-state index is 12.9. The number of carbonyl (C=O) groups excluding carboxylic acids is 1. The molecule has 0 aromatic heterocycles. The minimum atomic E-state index is -4.76. The van der Waals surface area contributed by atoms with Crippen LogP contribution in [-0.4, -0.2) is 10.8 Å². The number of para-hydroxylation sites is 1. The number of nitrogens with zero attached hydrogens (tertiary/aromatic N) is 2. The summed E-state index contributed by atoms with van der Waals surface area (Å²) in [6, 6.07) is 14.5. The zero-order valence-electron chi connectivity index (χ0n) is 17.3. The second-order valence-electron chi connectivity index (χ2n) is 6.83. The van der Waals surface area contributed by atoms with Crippen LogP contribution in [-0.2, 0) is 11.0 Å². The van der Waals surface area contributed by atoms with Gasteiger partial charge in [0.1, 0.15) is 17.4 Å². The van der Waals surface area contributed by atoms with Crippen LogP contribution in [0.2, 0.25) is 5.02 Å². The average Bonchev–Trinajstić information content (AvgIpc) is 2.80. The molecule has 0 radical (unpaired) electrons. The predicted molar refractivity (Wildman–Crippen MR) is 126 cm³/mol. The van der Waals surface area contributed by atoms with Crippen molar-refractivity contribution < 1.29 is 27.6 Å². The molecule has 1 amide bonds. The molecule has 3 aromatic carbocycles. The Morgan fingerprint density at radius 2 is 1.83 bits per heavy atom. The van der Waals surface area contributed by atoms with Gasteiger partial charge in [-0.1, -0.05) is 29.8 Å². The lowest BCUT2D eigenvalue weighted by atomic mass is 10.1. The van der Waals surface area contributed by atoms with Crippen LogP contribution in [0.25, 0.3) is 6.08 Å². The van der Waals surface area contributed by atoms with E-state index in [2.05, 4.69) is 21.2 Å². The summed E-state index contributed by atoms with van der Waals surface area (Å²) in [6.45, 7) is 0. The number of nitriles is 1. The third-order valence-electron chi connectivity index (χ3n) is 4.46. The van der Waals surface area contributed by atoms with Crippen molar-refractivity contribution in [3.05, 3.63) is 97.0 Å². The normalized spacial score (nSPS) is 11.5. The van der Waals surface area contributed by atoms with Crippen LogP contribution < -0.4 is 10.1 Å². The first-order valence-electron chi connectivity index (χ1n) is 9.50. The Labute approximate surface area is 209 Å². The summed E-state index contributed by atoms with van der Waals surface area (Å²) in [5.41, 5.74) is -1.56. The third-order valence-corrected chi connectivity index (χ3v) is 5.41. The van der Waals surface area contributed by atoms with Crippen LogP contribution in [0.3, 0.4) is 0 Å². The van der Waals surface area contributed by atoms with Crippen molar-refractivity contribution in [1.82, 2.24) is 0 Å². The number of nitrogens with one attached hydrogen (secondary N) is 1. The Bertz CT molecular complexity index is 1390. The highest BCUT2D eigenvalue weighted by atomic mass is 79.9. The molecule has 0 saturated heterocycles. The van der Waals surface area contributed by atoms with Crippen LogP contribution in [0.15, 0.2) is 70.7 Å². The number of halogens is 5.